The first kappa shape index (κ1) is 14.3. The molecule has 1 aliphatic rings. The van der Waals surface area contributed by atoms with Crippen LogP contribution < -0.4 is 4.72 Å². The Kier molecular flexibility index (Phi) is 4.13. The van der Waals surface area contributed by atoms with Crippen LogP contribution in [0.4, 0.5) is 0 Å². The lowest BCUT2D eigenvalue weighted by Crippen LogP contribution is -2.48. The first-order chi connectivity index (χ1) is 8.88. The molecule has 2 unspecified atom stereocenters. The zero-order valence-corrected chi connectivity index (χ0v) is 12.0. The maximum atomic E-state index is 12.2. The average molecular weight is 284 g/mol. The Bertz CT molecular complexity index is 545. The predicted molar refractivity (Wildman–Crippen MR) is 73.5 cm³/mol. The van der Waals surface area contributed by atoms with Gasteiger partial charge in [0, 0.05) is 12.6 Å². The third-order valence-electron chi connectivity index (χ3n) is 3.54. The van der Waals surface area contributed by atoms with Crippen molar-refractivity contribution < 1.29 is 13.5 Å². The largest absolute Gasteiger partial charge is 0.508 e. The number of aromatic hydroxyl groups is 1. The highest BCUT2D eigenvalue weighted by Gasteiger charge is 2.28. The zero-order valence-electron chi connectivity index (χ0n) is 11.2. The molecular weight excluding hydrogens is 264 g/mol. The predicted octanol–water partition coefficient (Wildman–Crippen LogP) is 1.01. The molecule has 19 heavy (non-hydrogen) atoms. The molecule has 1 aromatic carbocycles. The van der Waals surface area contributed by atoms with Crippen LogP contribution in [0.3, 0.4) is 0 Å². The van der Waals surface area contributed by atoms with E-state index in [1.54, 1.807) is 0 Å². The Labute approximate surface area is 114 Å². The first-order valence-electron chi connectivity index (χ1n) is 6.38. The van der Waals surface area contributed by atoms with Gasteiger partial charge in [0.15, 0.2) is 0 Å². The molecule has 0 aliphatic carbocycles. The number of benzene rings is 1. The van der Waals surface area contributed by atoms with Crippen molar-refractivity contribution >= 4 is 10.0 Å². The van der Waals surface area contributed by atoms with Gasteiger partial charge in [-0.15, -0.1) is 0 Å². The van der Waals surface area contributed by atoms with Crippen molar-refractivity contribution in [3.8, 4) is 5.75 Å². The van der Waals surface area contributed by atoms with Crippen LogP contribution in [0.15, 0.2) is 29.2 Å². The van der Waals surface area contributed by atoms with E-state index >= 15 is 0 Å². The number of nitrogens with one attached hydrogen (secondary N) is 1. The summed E-state index contributed by atoms with van der Waals surface area (Å²) in [6.45, 7) is 3.82. The van der Waals surface area contributed by atoms with Crippen LogP contribution >= 0.6 is 0 Å². The SMILES string of the molecule is CC1CN(C)CCC1NS(=O)(=O)c1cccc(O)c1. The summed E-state index contributed by atoms with van der Waals surface area (Å²) in [4.78, 5) is 2.31. The van der Waals surface area contributed by atoms with Crippen LogP contribution in [0.2, 0.25) is 0 Å². The van der Waals surface area contributed by atoms with Gasteiger partial charge in [0.1, 0.15) is 5.75 Å². The minimum atomic E-state index is -3.56. The van der Waals surface area contributed by atoms with Gasteiger partial charge in [0.05, 0.1) is 4.90 Å². The molecule has 2 rings (SSSR count). The van der Waals surface area contributed by atoms with Gasteiger partial charge in [0.2, 0.25) is 10.0 Å². The van der Waals surface area contributed by atoms with Gasteiger partial charge in [0.25, 0.3) is 0 Å². The van der Waals surface area contributed by atoms with Gasteiger partial charge in [-0.2, -0.15) is 0 Å². The van der Waals surface area contributed by atoms with E-state index in [1.807, 2.05) is 14.0 Å². The number of sulfonamides is 1. The van der Waals surface area contributed by atoms with Crippen molar-refractivity contribution in [2.24, 2.45) is 5.92 Å². The Morgan fingerprint density at radius 1 is 1.42 bits per heavy atom. The fraction of sp³-hybridized carbons (Fsp3) is 0.538. The Hall–Kier alpha value is -1.11. The molecule has 1 aliphatic heterocycles. The molecule has 1 aromatic rings. The van der Waals surface area contributed by atoms with Gasteiger partial charge >= 0.3 is 0 Å². The lowest BCUT2D eigenvalue weighted by Gasteiger charge is -2.34. The van der Waals surface area contributed by atoms with Gasteiger partial charge in [-0.25, -0.2) is 13.1 Å². The molecule has 0 saturated carbocycles. The highest BCUT2D eigenvalue weighted by atomic mass is 32.2. The minimum absolute atomic E-state index is 0.0423. The second-order valence-electron chi connectivity index (χ2n) is 5.25. The van der Waals surface area contributed by atoms with E-state index in [2.05, 4.69) is 9.62 Å². The van der Waals surface area contributed by atoms with Crippen LogP contribution in [0.5, 0.6) is 5.75 Å². The summed E-state index contributed by atoms with van der Waals surface area (Å²) < 4.78 is 27.2. The summed E-state index contributed by atoms with van der Waals surface area (Å²) in [6, 6.07) is 5.69. The molecule has 1 saturated heterocycles. The number of hydrogen-bond donors (Lipinski definition) is 2. The highest BCUT2D eigenvalue weighted by Crippen LogP contribution is 2.20. The van der Waals surface area contributed by atoms with Crippen LogP contribution in [0.1, 0.15) is 13.3 Å². The van der Waals surface area contributed by atoms with Crippen molar-refractivity contribution in [1.82, 2.24) is 9.62 Å². The van der Waals surface area contributed by atoms with Crippen molar-refractivity contribution in [2.45, 2.75) is 24.3 Å². The Morgan fingerprint density at radius 3 is 2.79 bits per heavy atom. The van der Waals surface area contributed by atoms with E-state index in [0.29, 0.717) is 0 Å². The number of likely N-dealkylation sites (tertiary alicyclic amines) is 1. The summed E-state index contributed by atoms with van der Waals surface area (Å²) in [5.74, 6) is 0.227. The van der Waals surface area contributed by atoms with E-state index in [4.69, 9.17) is 0 Å². The van der Waals surface area contributed by atoms with Crippen LogP contribution in [0, 0.1) is 5.92 Å². The Morgan fingerprint density at radius 2 is 2.16 bits per heavy atom. The molecule has 2 N–H and O–H groups in total. The molecule has 0 bridgehead atoms. The molecule has 106 valence electrons. The molecule has 0 aromatic heterocycles. The van der Waals surface area contributed by atoms with E-state index < -0.39 is 10.0 Å². The molecule has 0 amide bonds. The maximum Gasteiger partial charge on any atom is 0.240 e. The molecule has 0 spiro atoms. The van der Waals surface area contributed by atoms with Crippen molar-refractivity contribution in [1.29, 1.82) is 0 Å². The molecule has 1 fully saturated rings. The molecule has 1 heterocycles. The van der Waals surface area contributed by atoms with E-state index in [0.717, 1.165) is 19.5 Å². The van der Waals surface area contributed by atoms with E-state index in [9.17, 15) is 13.5 Å². The topological polar surface area (TPSA) is 69.6 Å². The van der Waals surface area contributed by atoms with E-state index in [-0.39, 0.29) is 22.6 Å². The molecule has 0 radical (unpaired) electrons. The van der Waals surface area contributed by atoms with Crippen molar-refractivity contribution in [2.75, 3.05) is 20.1 Å². The third-order valence-corrected chi connectivity index (χ3v) is 5.03. The lowest BCUT2D eigenvalue weighted by molar-refractivity contribution is 0.188. The fourth-order valence-electron chi connectivity index (χ4n) is 2.45. The molecule has 2 atom stereocenters. The zero-order chi connectivity index (χ0) is 14.0. The summed E-state index contributed by atoms with van der Waals surface area (Å²) >= 11 is 0. The van der Waals surface area contributed by atoms with Gasteiger partial charge in [-0.3, -0.25) is 0 Å². The fourth-order valence-corrected chi connectivity index (χ4v) is 3.87. The number of phenolic OH excluding ortho intramolecular Hbond substituents is 1. The summed E-state index contributed by atoms with van der Waals surface area (Å²) in [6.07, 6.45) is 0.801. The Balaban J connectivity index is 2.13. The van der Waals surface area contributed by atoms with Gasteiger partial charge in [-0.05, 0) is 44.1 Å². The molecule has 5 nitrogen and oxygen atoms in total. The summed E-state index contributed by atoms with van der Waals surface area (Å²) in [5.41, 5.74) is 0. The third kappa shape index (κ3) is 3.46. The normalized spacial score (nSPS) is 25.4. The van der Waals surface area contributed by atoms with Crippen molar-refractivity contribution in [3.63, 3.8) is 0 Å². The second kappa shape index (κ2) is 5.48. The summed E-state index contributed by atoms with van der Waals surface area (Å²) in [5, 5.41) is 9.37. The standard InChI is InChI=1S/C13H20N2O3S/c1-10-9-15(2)7-6-13(10)14-19(17,18)12-5-3-4-11(16)8-12/h3-5,8,10,13-14,16H,6-7,9H2,1-2H3. The highest BCUT2D eigenvalue weighted by molar-refractivity contribution is 7.89. The number of piperidine rings is 1. The van der Waals surface area contributed by atoms with Crippen LogP contribution in [0.25, 0.3) is 0 Å². The van der Waals surface area contributed by atoms with Crippen molar-refractivity contribution in [3.05, 3.63) is 24.3 Å². The number of rotatable bonds is 3. The summed E-state index contributed by atoms with van der Waals surface area (Å²) in [7, 11) is -1.52. The number of hydrogen-bond acceptors (Lipinski definition) is 4. The molecular formula is C13H20N2O3S. The first-order valence-corrected chi connectivity index (χ1v) is 7.87. The number of phenols is 1. The van der Waals surface area contributed by atoms with Gasteiger partial charge in [-0.1, -0.05) is 13.0 Å². The number of nitrogens with zero attached hydrogens (tertiary/aromatic N) is 1. The van der Waals surface area contributed by atoms with E-state index in [1.165, 1.54) is 24.3 Å². The molecule has 6 heteroatoms. The van der Waals surface area contributed by atoms with Crippen LogP contribution in [-0.2, 0) is 10.0 Å². The lowest BCUT2D eigenvalue weighted by atomic mass is 9.95. The smallest absolute Gasteiger partial charge is 0.240 e. The minimum Gasteiger partial charge on any atom is -0.508 e. The second-order valence-corrected chi connectivity index (χ2v) is 6.97. The average Bonchev–Trinajstić information content (AvgIpc) is 2.33. The quantitative estimate of drug-likeness (QED) is 0.869. The monoisotopic (exact) mass is 284 g/mol. The van der Waals surface area contributed by atoms with Gasteiger partial charge < -0.3 is 10.0 Å². The maximum absolute atomic E-state index is 12.2. The van der Waals surface area contributed by atoms with Crippen LogP contribution in [-0.4, -0.2) is 44.6 Å².